The van der Waals surface area contributed by atoms with Crippen molar-refractivity contribution in [1.29, 1.82) is 0 Å². The van der Waals surface area contributed by atoms with E-state index >= 15 is 0 Å². The molecule has 1 fully saturated rings. The van der Waals surface area contributed by atoms with Crippen LogP contribution in [0.15, 0.2) is 48.5 Å². The molecule has 29 heavy (non-hydrogen) atoms. The van der Waals surface area contributed by atoms with Gasteiger partial charge in [0.15, 0.2) is 5.82 Å². The third-order valence-electron chi connectivity index (χ3n) is 5.86. The molecule has 146 valence electrons. The number of piperazine rings is 1. The van der Waals surface area contributed by atoms with Crippen molar-refractivity contribution in [3.05, 3.63) is 65.4 Å². The molecule has 4 aromatic rings. The molecule has 1 aliphatic heterocycles. The lowest BCUT2D eigenvalue weighted by Gasteiger charge is -2.36. The van der Waals surface area contributed by atoms with E-state index in [9.17, 15) is 0 Å². The molecule has 0 saturated carbocycles. The first-order valence-corrected chi connectivity index (χ1v) is 10.2. The van der Waals surface area contributed by atoms with Crippen molar-refractivity contribution in [3.8, 4) is 0 Å². The van der Waals surface area contributed by atoms with Gasteiger partial charge in [0, 0.05) is 31.6 Å². The van der Waals surface area contributed by atoms with Gasteiger partial charge in [-0.05, 0) is 50.1 Å². The van der Waals surface area contributed by atoms with Crippen molar-refractivity contribution in [2.24, 2.45) is 0 Å². The predicted molar refractivity (Wildman–Crippen MR) is 120 cm³/mol. The zero-order valence-corrected chi connectivity index (χ0v) is 17.2. The van der Waals surface area contributed by atoms with Crippen LogP contribution in [0.4, 0.5) is 11.6 Å². The number of nitrogens with zero attached hydrogens (tertiary/aromatic N) is 5. The Morgan fingerprint density at radius 3 is 2.14 bits per heavy atom. The first kappa shape index (κ1) is 17.9. The standard InChI is InChI=1S/C24H25N5/c1-16-7-6-8-19-17(2)15-22(27-23(16)19)28-11-13-29(14-12-28)24-18(3)25-20-9-4-5-10-21(20)26-24/h4-10,15H,11-14H2,1-3H3. The number of para-hydroxylation sites is 3. The molecular weight excluding hydrogens is 358 g/mol. The Labute approximate surface area is 171 Å². The van der Waals surface area contributed by atoms with Gasteiger partial charge in [0.2, 0.25) is 0 Å². The fourth-order valence-electron chi connectivity index (χ4n) is 4.23. The fourth-order valence-corrected chi connectivity index (χ4v) is 4.23. The summed E-state index contributed by atoms with van der Waals surface area (Å²) in [6, 6.07) is 16.7. The van der Waals surface area contributed by atoms with Crippen LogP contribution in [0, 0.1) is 20.8 Å². The van der Waals surface area contributed by atoms with E-state index in [1.165, 1.54) is 16.5 Å². The highest BCUT2D eigenvalue weighted by molar-refractivity contribution is 5.86. The molecule has 2 aromatic carbocycles. The van der Waals surface area contributed by atoms with Crippen molar-refractivity contribution in [1.82, 2.24) is 15.0 Å². The van der Waals surface area contributed by atoms with Gasteiger partial charge in [-0.2, -0.15) is 0 Å². The molecule has 0 spiro atoms. The molecule has 1 aliphatic rings. The second-order valence-corrected chi connectivity index (χ2v) is 7.86. The van der Waals surface area contributed by atoms with Crippen molar-refractivity contribution >= 4 is 33.6 Å². The molecule has 3 heterocycles. The van der Waals surface area contributed by atoms with Crippen LogP contribution in [0.25, 0.3) is 21.9 Å². The highest BCUT2D eigenvalue weighted by Gasteiger charge is 2.22. The highest BCUT2D eigenvalue weighted by atomic mass is 15.3. The largest absolute Gasteiger partial charge is 0.353 e. The number of benzene rings is 2. The molecule has 0 amide bonds. The third-order valence-corrected chi connectivity index (χ3v) is 5.86. The number of aryl methyl sites for hydroxylation is 3. The molecule has 5 nitrogen and oxygen atoms in total. The summed E-state index contributed by atoms with van der Waals surface area (Å²) in [5.41, 5.74) is 6.53. The van der Waals surface area contributed by atoms with E-state index in [-0.39, 0.29) is 0 Å². The lowest BCUT2D eigenvalue weighted by atomic mass is 10.1. The summed E-state index contributed by atoms with van der Waals surface area (Å²) >= 11 is 0. The minimum atomic E-state index is 0.917. The van der Waals surface area contributed by atoms with E-state index in [4.69, 9.17) is 15.0 Å². The topological polar surface area (TPSA) is 45.2 Å². The minimum Gasteiger partial charge on any atom is -0.353 e. The molecule has 5 heteroatoms. The average Bonchev–Trinajstić information content (AvgIpc) is 2.74. The predicted octanol–water partition coefficient (Wildman–Crippen LogP) is 4.43. The van der Waals surface area contributed by atoms with E-state index in [0.717, 1.165) is 60.1 Å². The average molecular weight is 383 g/mol. The molecular formula is C24H25N5. The maximum Gasteiger partial charge on any atom is 0.150 e. The van der Waals surface area contributed by atoms with Gasteiger partial charge in [0.1, 0.15) is 5.82 Å². The molecule has 0 radical (unpaired) electrons. The van der Waals surface area contributed by atoms with Gasteiger partial charge in [0.05, 0.1) is 22.2 Å². The Bertz CT molecular complexity index is 1210. The second kappa shape index (κ2) is 6.99. The molecule has 0 bridgehead atoms. The smallest absolute Gasteiger partial charge is 0.150 e. The monoisotopic (exact) mass is 383 g/mol. The Hall–Kier alpha value is -3.21. The molecule has 0 N–H and O–H groups in total. The number of fused-ring (bicyclic) bond motifs is 2. The summed E-state index contributed by atoms with van der Waals surface area (Å²) in [5.74, 6) is 2.08. The van der Waals surface area contributed by atoms with Crippen molar-refractivity contribution in [2.75, 3.05) is 36.0 Å². The summed E-state index contributed by atoms with van der Waals surface area (Å²) in [6.45, 7) is 10.1. The summed E-state index contributed by atoms with van der Waals surface area (Å²) in [7, 11) is 0. The van der Waals surface area contributed by atoms with Crippen LogP contribution in [0.5, 0.6) is 0 Å². The third kappa shape index (κ3) is 3.16. The second-order valence-electron chi connectivity index (χ2n) is 7.86. The van der Waals surface area contributed by atoms with Gasteiger partial charge in [-0.3, -0.25) is 0 Å². The molecule has 0 aliphatic carbocycles. The van der Waals surface area contributed by atoms with Gasteiger partial charge in [0.25, 0.3) is 0 Å². The van der Waals surface area contributed by atoms with Crippen molar-refractivity contribution < 1.29 is 0 Å². The molecule has 0 atom stereocenters. The zero-order valence-electron chi connectivity index (χ0n) is 17.2. The van der Waals surface area contributed by atoms with Crippen LogP contribution in [0.2, 0.25) is 0 Å². The van der Waals surface area contributed by atoms with E-state index in [1.807, 2.05) is 24.3 Å². The zero-order chi connectivity index (χ0) is 20.0. The van der Waals surface area contributed by atoms with Gasteiger partial charge >= 0.3 is 0 Å². The SMILES string of the molecule is Cc1nc2ccccc2nc1N1CCN(c2cc(C)c3cccc(C)c3n2)CC1. The summed E-state index contributed by atoms with van der Waals surface area (Å²) in [6.07, 6.45) is 0. The van der Waals surface area contributed by atoms with Gasteiger partial charge in [-0.25, -0.2) is 15.0 Å². The Morgan fingerprint density at radius 2 is 1.38 bits per heavy atom. The van der Waals surface area contributed by atoms with Gasteiger partial charge < -0.3 is 9.80 Å². The lowest BCUT2D eigenvalue weighted by Crippen LogP contribution is -2.47. The van der Waals surface area contributed by atoms with Crippen LogP contribution >= 0.6 is 0 Å². The lowest BCUT2D eigenvalue weighted by molar-refractivity contribution is 0.640. The first-order chi connectivity index (χ1) is 14.1. The van der Waals surface area contributed by atoms with Crippen LogP contribution in [-0.2, 0) is 0 Å². The number of hydrogen-bond donors (Lipinski definition) is 0. The van der Waals surface area contributed by atoms with Crippen LogP contribution in [0.1, 0.15) is 16.8 Å². The van der Waals surface area contributed by atoms with E-state index in [1.54, 1.807) is 0 Å². The Kier molecular flexibility index (Phi) is 4.31. The van der Waals surface area contributed by atoms with Crippen LogP contribution < -0.4 is 9.80 Å². The minimum absolute atomic E-state index is 0.917. The molecule has 0 unspecified atom stereocenters. The summed E-state index contributed by atoms with van der Waals surface area (Å²) < 4.78 is 0. The van der Waals surface area contributed by atoms with E-state index in [2.05, 4.69) is 54.8 Å². The number of anilines is 2. The molecule has 1 saturated heterocycles. The number of aromatic nitrogens is 3. The molecule has 5 rings (SSSR count). The van der Waals surface area contributed by atoms with Crippen molar-refractivity contribution in [2.45, 2.75) is 20.8 Å². The van der Waals surface area contributed by atoms with E-state index < -0.39 is 0 Å². The first-order valence-electron chi connectivity index (χ1n) is 10.2. The number of pyridine rings is 1. The fraction of sp³-hybridized carbons (Fsp3) is 0.292. The van der Waals surface area contributed by atoms with Crippen LogP contribution in [-0.4, -0.2) is 41.1 Å². The van der Waals surface area contributed by atoms with Gasteiger partial charge in [-0.15, -0.1) is 0 Å². The van der Waals surface area contributed by atoms with Crippen LogP contribution in [0.3, 0.4) is 0 Å². The normalized spacial score (nSPS) is 14.7. The Balaban J connectivity index is 1.40. The maximum absolute atomic E-state index is 4.99. The molecule has 2 aromatic heterocycles. The highest BCUT2D eigenvalue weighted by Crippen LogP contribution is 2.27. The van der Waals surface area contributed by atoms with E-state index in [0.29, 0.717) is 0 Å². The maximum atomic E-state index is 4.99. The Morgan fingerprint density at radius 1 is 0.690 bits per heavy atom. The summed E-state index contributed by atoms with van der Waals surface area (Å²) in [5, 5.41) is 1.24. The quantitative estimate of drug-likeness (QED) is 0.512. The summed E-state index contributed by atoms with van der Waals surface area (Å²) in [4.78, 5) is 19.4. The number of rotatable bonds is 2. The number of hydrogen-bond acceptors (Lipinski definition) is 5. The van der Waals surface area contributed by atoms with Gasteiger partial charge in [-0.1, -0.05) is 30.3 Å². The van der Waals surface area contributed by atoms with Crippen molar-refractivity contribution in [3.63, 3.8) is 0 Å².